The molecule has 3 aliphatic carbocycles. The van der Waals surface area contributed by atoms with Gasteiger partial charge in [0, 0.05) is 3.42 Å². The molecule has 0 nitrogen and oxygen atoms in total. The standard InChI is InChI=1S/C9H15I/c1-2-3-4-8-5-9(10,6-8)7-8/h2-7H2,1H3. The van der Waals surface area contributed by atoms with Crippen molar-refractivity contribution in [3.8, 4) is 0 Å². The van der Waals surface area contributed by atoms with Crippen molar-refractivity contribution in [1.29, 1.82) is 0 Å². The van der Waals surface area contributed by atoms with Gasteiger partial charge in [0.05, 0.1) is 0 Å². The van der Waals surface area contributed by atoms with E-state index in [1.807, 2.05) is 0 Å². The Morgan fingerprint density at radius 1 is 1.30 bits per heavy atom. The third kappa shape index (κ3) is 0.926. The molecule has 0 radical (unpaired) electrons. The van der Waals surface area contributed by atoms with Crippen molar-refractivity contribution in [3.63, 3.8) is 0 Å². The zero-order chi connectivity index (χ0) is 7.24. The molecule has 0 amide bonds. The van der Waals surface area contributed by atoms with Gasteiger partial charge in [-0.1, -0.05) is 42.4 Å². The molecule has 0 unspecified atom stereocenters. The molecule has 0 aromatic rings. The van der Waals surface area contributed by atoms with Gasteiger partial charge in [-0.25, -0.2) is 0 Å². The minimum atomic E-state index is 0.797. The van der Waals surface area contributed by atoms with E-state index in [4.69, 9.17) is 0 Å². The number of rotatable bonds is 3. The summed E-state index contributed by atoms with van der Waals surface area (Å²) in [4.78, 5) is 0. The highest BCUT2D eigenvalue weighted by molar-refractivity contribution is 14.1. The molecular weight excluding hydrogens is 235 g/mol. The van der Waals surface area contributed by atoms with E-state index in [1.165, 1.54) is 19.3 Å². The van der Waals surface area contributed by atoms with Crippen molar-refractivity contribution < 1.29 is 0 Å². The topological polar surface area (TPSA) is 0 Å². The van der Waals surface area contributed by atoms with Crippen LogP contribution in [0.3, 0.4) is 0 Å². The number of hydrogen-bond donors (Lipinski definition) is 0. The molecule has 0 heterocycles. The Morgan fingerprint density at radius 3 is 2.30 bits per heavy atom. The summed E-state index contributed by atoms with van der Waals surface area (Å²) in [5.41, 5.74) is 0.872. The summed E-state index contributed by atoms with van der Waals surface area (Å²) in [6.45, 7) is 2.30. The maximum atomic E-state index is 2.66. The molecular formula is C9H15I. The molecule has 0 aliphatic heterocycles. The normalized spacial score (nSPS) is 49.8. The van der Waals surface area contributed by atoms with Crippen LogP contribution in [0.1, 0.15) is 45.4 Å². The van der Waals surface area contributed by atoms with Crippen molar-refractivity contribution in [2.75, 3.05) is 0 Å². The zero-order valence-corrected chi connectivity index (χ0v) is 8.78. The molecule has 3 rings (SSSR count). The van der Waals surface area contributed by atoms with Gasteiger partial charge in [0.15, 0.2) is 0 Å². The fourth-order valence-electron chi connectivity index (χ4n) is 2.68. The first-order valence-electron chi connectivity index (χ1n) is 4.37. The van der Waals surface area contributed by atoms with Crippen LogP contribution in [0.4, 0.5) is 0 Å². The van der Waals surface area contributed by atoms with Crippen LogP contribution in [0, 0.1) is 5.41 Å². The zero-order valence-electron chi connectivity index (χ0n) is 6.62. The SMILES string of the molecule is CCCCC12CC(I)(C1)C2. The predicted molar refractivity (Wildman–Crippen MR) is 52.6 cm³/mol. The number of unbranched alkanes of at least 4 members (excludes halogenated alkanes) is 1. The van der Waals surface area contributed by atoms with Crippen LogP contribution in [-0.2, 0) is 0 Å². The number of hydrogen-bond acceptors (Lipinski definition) is 0. The van der Waals surface area contributed by atoms with Crippen LogP contribution in [0.5, 0.6) is 0 Å². The maximum Gasteiger partial charge on any atom is 0.0238 e. The molecule has 1 heteroatoms. The predicted octanol–water partition coefficient (Wildman–Crippen LogP) is 3.53. The Bertz CT molecular complexity index is 131. The lowest BCUT2D eigenvalue weighted by molar-refractivity contribution is -0.0708. The van der Waals surface area contributed by atoms with Crippen LogP contribution >= 0.6 is 22.6 Å². The summed E-state index contributed by atoms with van der Waals surface area (Å²) >= 11 is 2.66. The van der Waals surface area contributed by atoms with Gasteiger partial charge in [0.1, 0.15) is 0 Å². The summed E-state index contributed by atoms with van der Waals surface area (Å²) < 4.78 is 0.797. The highest BCUT2D eigenvalue weighted by atomic mass is 127. The third-order valence-electron chi connectivity index (χ3n) is 3.14. The second kappa shape index (κ2) is 2.11. The van der Waals surface area contributed by atoms with Crippen molar-refractivity contribution >= 4 is 22.6 Å². The first kappa shape index (κ1) is 7.38. The molecule has 10 heavy (non-hydrogen) atoms. The summed E-state index contributed by atoms with van der Waals surface area (Å²) in [6.07, 6.45) is 9.00. The molecule has 0 aromatic carbocycles. The summed E-state index contributed by atoms with van der Waals surface area (Å²) in [6, 6.07) is 0. The van der Waals surface area contributed by atoms with Gasteiger partial charge in [-0.3, -0.25) is 0 Å². The molecule has 2 bridgehead atoms. The van der Waals surface area contributed by atoms with Gasteiger partial charge in [0.2, 0.25) is 0 Å². The van der Waals surface area contributed by atoms with Gasteiger partial charge in [0.25, 0.3) is 0 Å². The average molecular weight is 250 g/mol. The molecule has 0 saturated heterocycles. The number of halogens is 1. The molecule has 58 valence electrons. The quantitative estimate of drug-likeness (QED) is 0.531. The fourth-order valence-corrected chi connectivity index (χ4v) is 5.10. The Labute approximate surface area is 76.9 Å². The van der Waals surface area contributed by atoms with E-state index in [2.05, 4.69) is 29.5 Å². The molecule has 3 saturated carbocycles. The Hall–Kier alpha value is 0.730. The summed E-state index contributed by atoms with van der Waals surface area (Å²) in [5, 5.41) is 0. The Kier molecular flexibility index (Phi) is 1.56. The molecule has 0 spiro atoms. The van der Waals surface area contributed by atoms with Gasteiger partial charge < -0.3 is 0 Å². The lowest BCUT2D eigenvalue weighted by Gasteiger charge is -2.68. The van der Waals surface area contributed by atoms with Crippen molar-refractivity contribution in [1.82, 2.24) is 0 Å². The summed E-state index contributed by atoms with van der Waals surface area (Å²) in [7, 11) is 0. The Balaban J connectivity index is 1.77. The number of alkyl halides is 1. The molecule has 3 fully saturated rings. The van der Waals surface area contributed by atoms with Crippen LogP contribution in [0.25, 0.3) is 0 Å². The van der Waals surface area contributed by atoms with Crippen LogP contribution in [0.15, 0.2) is 0 Å². The Morgan fingerprint density at radius 2 is 1.90 bits per heavy atom. The van der Waals surface area contributed by atoms with Gasteiger partial charge in [-0.15, -0.1) is 0 Å². The lowest BCUT2D eigenvalue weighted by atomic mass is 9.43. The monoisotopic (exact) mass is 250 g/mol. The molecule has 0 aromatic heterocycles. The second-order valence-electron chi connectivity index (χ2n) is 4.28. The van der Waals surface area contributed by atoms with E-state index in [0.29, 0.717) is 0 Å². The van der Waals surface area contributed by atoms with Crippen molar-refractivity contribution in [2.45, 2.75) is 48.9 Å². The van der Waals surface area contributed by atoms with Gasteiger partial charge in [-0.05, 0) is 31.1 Å². The van der Waals surface area contributed by atoms with Gasteiger partial charge >= 0.3 is 0 Å². The highest BCUT2D eigenvalue weighted by Gasteiger charge is 2.65. The first-order valence-corrected chi connectivity index (χ1v) is 5.45. The van der Waals surface area contributed by atoms with E-state index in [9.17, 15) is 0 Å². The molecule has 0 atom stereocenters. The van der Waals surface area contributed by atoms with Gasteiger partial charge in [-0.2, -0.15) is 0 Å². The first-order chi connectivity index (χ1) is 4.68. The lowest BCUT2D eigenvalue weighted by Crippen LogP contribution is -2.62. The van der Waals surface area contributed by atoms with Crippen LogP contribution in [0.2, 0.25) is 0 Å². The van der Waals surface area contributed by atoms with E-state index < -0.39 is 0 Å². The smallest absolute Gasteiger partial charge is 0.0238 e. The fraction of sp³-hybridized carbons (Fsp3) is 1.00. The molecule has 3 aliphatic rings. The largest absolute Gasteiger partial charge is 0.0788 e. The van der Waals surface area contributed by atoms with Crippen molar-refractivity contribution in [2.24, 2.45) is 5.41 Å². The molecule has 0 N–H and O–H groups in total. The summed E-state index contributed by atoms with van der Waals surface area (Å²) in [5.74, 6) is 0. The second-order valence-corrected chi connectivity index (χ2v) is 6.57. The van der Waals surface area contributed by atoms with E-state index >= 15 is 0 Å². The van der Waals surface area contributed by atoms with Crippen molar-refractivity contribution in [3.05, 3.63) is 0 Å². The van der Waals surface area contributed by atoms with E-state index in [1.54, 1.807) is 19.3 Å². The van der Waals surface area contributed by atoms with Crippen LogP contribution < -0.4 is 0 Å². The van der Waals surface area contributed by atoms with E-state index in [-0.39, 0.29) is 0 Å². The minimum Gasteiger partial charge on any atom is -0.0788 e. The minimum absolute atomic E-state index is 0.797. The van der Waals surface area contributed by atoms with E-state index in [0.717, 1.165) is 8.84 Å². The average Bonchev–Trinajstić information content (AvgIpc) is 1.75. The van der Waals surface area contributed by atoms with Crippen LogP contribution in [-0.4, -0.2) is 3.42 Å². The highest BCUT2D eigenvalue weighted by Crippen LogP contribution is 2.73. The third-order valence-corrected chi connectivity index (χ3v) is 4.28. The maximum absolute atomic E-state index is 2.66.